The molecule has 8 heteroatoms. The predicted octanol–water partition coefficient (Wildman–Crippen LogP) is 2.77. The topological polar surface area (TPSA) is 89.5 Å². The zero-order chi connectivity index (χ0) is 19.4. The van der Waals surface area contributed by atoms with Gasteiger partial charge in [-0.15, -0.1) is 0 Å². The van der Waals surface area contributed by atoms with Gasteiger partial charge in [0.05, 0.1) is 15.9 Å². The number of aryl methyl sites for hydroxylation is 2. The standard InChI is InChI=1S/C18H23NO5S2/c1-14-4-8-17(9-5-14)25(20,21)19-13-12-16(3)24-26(22,23)18-10-6-15(2)7-11-18/h4-11,16,19H,12-13H2,1-3H3. The summed E-state index contributed by atoms with van der Waals surface area (Å²) >= 11 is 0. The summed E-state index contributed by atoms with van der Waals surface area (Å²) in [4.78, 5) is 0.249. The second-order valence-corrected chi connectivity index (χ2v) is 9.51. The summed E-state index contributed by atoms with van der Waals surface area (Å²) in [6, 6.07) is 12.8. The summed E-state index contributed by atoms with van der Waals surface area (Å²) in [6.07, 6.45) is -0.446. The first-order valence-electron chi connectivity index (χ1n) is 8.16. The van der Waals surface area contributed by atoms with E-state index in [1.165, 1.54) is 24.3 Å². The Morgan fingerprint density at radius 1 is 0.846 bits per heavy atom. The first-order chi connectivity index (χ1) is 12.1. The molecule has 1 atom stereocenters. The van der Waals surface area contributed by atoms with Crippen LogP contribution in [0.15, 0.2) is 58.3 Å². The number of hydrogen-bond donors (Lipinski definition) is 1. The highest BCUT2D eigenvalue weighted by atomic mass is 32.2. The normalized spacial score (nSPS) is 13.5. The molecule has 2 rings (SSSR count). The summed E-state index contributed by atoms with van der Waals surface area (Å²) in [5, 5.41) is 0. The van der Waals surface area contributed by atoms with Crippen LogP contribution in [0.3, 0.4) is 0 Å². The van der Waals surface area contributed by atoms with Gasteiger partial charge in [0.1, 0.15) is 0 Å². The van der Waals surface area contributed by atoms with Gasteiger partial charge in [-0.1, -0.05) is 35.4 Å². The molecule has 26 heavy (non-hydrogen) atoms. The minimum atomic E-state index is -3.88. The Kier molecular flexibility index (Phi) is 6.57. The number of hydrogen-bond acceptors (Lipinski definition) is 5. The Bertz CT molecular complexity index is 934. The molecule has 0 heterocycles. The molecule has 2 aromatic carbocycles. The Morgan fingerprint density at radius 3 is 1.81 bits per heavy atom. The van der Waals surface area contributed by atoms with Gasteiger partial charge < -0.3 is 0 Å². The third kappa shape index (κ3) is 5.63. The van der Waals surface area contributed by atoms with Crippen molar-refractivity contribution < 1.29 is 21.0 Å². The molecule has 0 aromatic heterocycles. The van der Waals surface area contributed by atoms with Crippen LogP contribution in [0.4, 0.5) is 0 Å². The van der Waals surface area contributed by atoms with Crippen LogP contribution in [0.5, 0.6) is 0 Å². The van der Waals surface area contributed by atoms with Gasteiger partial charge in [0.2, 0.25) is 10.0 Å². The van der Waals surface area contributed by atoms with Crippen LogP contribution in [0.25, 0.3) is 0 Å². The molecule has 0 aliphatic heterocycles. The van der Waals surface area contributed by atoms with E-state index in [-0.39, 0.29) is 22.8 Å². The van der Waals surface area contributed by atoms with E-state index in [1.54, 1.807) is 31.2 Å². The summed E-state index contributed by atoms with van der Waals surface area (Å²) in [7, 11) is -7.50. The molecule has 0 saturated heterocycles. The first kappa shape index (κ1) is 20.6. The lowest BCUT2D eigenvalue weighted by atomic mass is 10.2. The zero-order valence-electron chi connectivity index (χ0n) is 15.0. The van der Waals surface area contributed by atoms with Gasteiger partial charge in [-0.05, 0) is 51.5 Å². The van der Waals surface area contributed by atoms with Gasteiger partial charge in [-0.25, -0.2) is 13.1 Å². The highest BCUT2D eigenvalue weighted by molar-refractivity contribution is 7.89. The molecule has 0 saturated carbocycles. The molecule has 0 aliphatic carbocycles. The molecule has 1 unspecified atom stereocenters. The fourth-order valence-corrected chi connectivity index (χ4v) is 4.38. The largest absolute Gasteiger partial charge is 0.297 e. The molecule has 2 aromatic rings. The van der Waals surface area contributed by atoms with Crippen LogP contribution in [0.1, 0.15) is 24.5 Å². The Labute approximate surface area is 155 Å². The van der Waals surface area contributed by atoms with Crippen LogP contribution in [0, 0.1) is 13.8 Å². The van der Waals surface area contributed by atoms with E-state index in [9.17, 15) is 16.8 Å². The van der Waals surface area contributed by atoms with E-state index in [4.69, 9.17) is 4.18 Å². The van der Waals surface area contributed by atoms with Crippen molar-refractivity contribution in [3.8, 4) is 0 Å². The van der Waals surface area contributed by atoms with Crippen molar-refractivity contribution in [1.29, 1.82) is 0 Å². The minimum Gasteiger partial charge on any atom is -0.263 e. The van der Waals surface area contributed by atoms with Gasteiger partial charge in [0.25, 0.3) is 10.1 Å². The third-order valence-electron chi connectivity index (χ3n) is 3.77. The maximum atomic E-state index is 12.2. The number of nitrogens with one attached hydrogen (secondary N) is 1. The van der Waals surface area contributed by atoms with Crippen LogP contribution in [0.2, 0.25) is 0 Å². The lowest BCUT2D eigenvalue weighted by Crippen LogP contribution is -2.28. The molecule has 6 nitrogen and oxygen atoms in total. The monoisotopic (exact) mass is 397 g/mol. The smallest absolute Gasteiger partial charge is 0.263 e. The van der Waals surface area contributed by atoms with Crippen LogP contribution in [-0.2, 0) is 24.3 Å². The van der Waals surface area contributed by atoms with Crippen molar-refractivity contribution >= 4 is 20.1 Å². The first-order valence-corrected chi connectivity index (χ1v) is 11.1. The fraction of sp³-hybridized carbons (Fsp3) is 0.333. The second-order valence-electron chi connectivity index (χ2n) is 6.17. The van der Waals surface area contributed by atoms with Crippen molar-refractivity contribution in [1.82, 2.24) is 4.72 Å². The summed E-state index contributed by atoms with van der Waals surface area (Å²) in [5.41, 5.74) is 1.91. The number of rotatable bonds is 8. The molecule has 0 aliphatic rings. The van der Waals surface area contributed by atoms with Crippen LogP contribution < -0.4 is 4.72 Å². The van der Waals surface area contributed by atoms with Crippen molar-refractivity contribution in [2.45, 2.75) is 43.1 Å². The molecular formula is C18H23NO5S2. The summed E-state index contributed by atoms with van der Waals surface area (Å²) in [6.45, 7) is 5.39. The van der Waals surface area contributed by atoms with Gasteiger partial charge in [-0.3, -0.25) is 4.18 Å². The molecule has 142 valence electrons. The van der Waals surface area contributed by atoms with E-state index in [0.717, 1.165) is 11.1 Å². The maximum Gasteiger partial charge on any atom is 0.297 e. The van der Waals surface area contributed by atoms with Crippen molar-refractivity contribution in [2.24, 2.45) is 0 Å². The number of sulfonamides is 1. The van der Waals surface area contributed by atoms with Crippen LogP contribution >= 0.6 is 0 Å². The fourth-order valence-electron chi connectivity index (χ4n) is 2.22. The lowest BCUT2D eigenvalue weighted by molar-refractivity contribution is 0.219. The van der Waals surface area contributed by atoms with E-state index in [1.807, 2.05) is 13.8 Å². The molecule has 0 spiro atoms. The third-order valence-corrected chi connectivity index (χ3v) is 6.68. The Hall–Kier alpha value is -1.74. The molecule has 1 N–H and O–H groups in total. The SMILES string of the molecule is Cc1ccc(S(=O)(=O)NCCC(C)OS(=O)(=O)c2ccc(C)cc2)cc1. The van der Waals surface area contributed by atoms with E-state index in [2.05, 4.69) is 4.72 Å². The quantitative estimate of drug-likeness (QED) is 0.692. The highest BCUT2D eigenvalue weighted by Crippen LogP contribution is 2.16. The average Bonchev–Trinajstić information content (AvgIpc) is 2.55. The van der Waals surface area contributed by atoms with Gasteiger partial charge >= 0.3 is 0 Å². The van der Waals surface area contributed by atoms with Crippen molar-refractivity contribution in [3.05, 3.63) is 59.7 Å². The van der Waals surface area contributed by atoms with E-state index in [0.29, 0.717) is 0 Å². The van der Waals surface area contributed by atoms with Gasteiger partial charge in [-0.2, -0.15) is 8.42 Å². The van der Waals surface area contributed by atoms with Gasteiger partial charge in [0, 0.05) is 6.54 Å². The molecule has 0 fully saturated rings. The van der Waals surface area contributed by atoms with Crippen LogP contribution in [-0.4, -0.2) is 29.5 Å². The second kappa shape index (κ2) is 8.30. The molecular weight excluding hydrogens is 374 g/mol. The molecule has 0 amide bonds. The Balaban J connectivity index is 1.91. The summed E-state index contributed by atoms with van der Waals surface area (Å²) in [5.74, 6) is 0. The maximum absolute atomic E-state index is 12.2. The molecule has 0 bridgehead atoms. The van der Waals surface area contributed by atoms with Gasteiger partial charge in [0.15, 0.2) is 0 Å². The van der Waals surface area contributed by atoms with E-state index < -0.39 is 26.2 Å². The highest BCUT2D eigenvalue weighted by Gasteiger charge is 2.20. The van der Waals surface area contributed by atoms with Crippen molar-refractivity contribution in [3.63, 3.8) is 0 Å². The average molecular weight is 398 g/mol. The Morgan fingerprint density at radius 2 is 1.31 bits per heavy atom. The lowest BCUT2D eigenvalue weighted by Gasteiger charge is -2.14. The zero-order valence-corrected chi connectivity index (χ0v) is 16.6. The number of benzene rings is 2. The summed E-state index contributed by atoms with van der Waals surface area (Å²) < 4.78 is 56.4. The minimum absolute atomic E-state index is 0.0702. The van der Waals surface area contributed by atoms with E-state index >= 15 is 0 Å². The predicted molar refractivity (Wildman–Crippen MR) is 99.9 cm³/mol. The van der Waals surface area contributed by atoms with Crippen molar-refractivity contribution in [2.75, 3.05) is 6.54 Å². The molecule has 0 radical (unpaired) electrons.